The van der Waals surface area contributed by atoms with Crippen molar-refractivity contribution in [2.75, 3.05) is 47.5 Å². The highest BCUT2D eigenvalue weighted by Crippen LogP contribution is 2.43. The summed E-state index contributed by atoms with van der Waals surface area (Å²) < 4.78 is 34.3. The maximum absolute atomic E-state index is 12.7. The third-order valence-corrected chi connectivity index (χ3v) is 10.9. The molecule has 0 aliphatic rings. The molecule has 53 heavy (non-hydrogen) atoms. The molecule has 10 heteroatoms. The van der Waals surface area contributed by atoms with E-state index in [-0.39, 0.29) is 25.6 Å². The number of esters is 2. The Labute approximate surface area is 327 Å². The SMILES string of the molecule is CCCCCCCCCCCCCCCCCCCC(=O)O[C@H](COC(=O)CCCCCCCCCCCCCC)COP(=O)(O)OCC[N+](C)(C)C. The summed E-state index contributed by atoms with van der Waals surface area (Å²) in [6.07, 6.45) is 35.7. The van der Waals surface area contributed by atoms with Crippen LogP contribution in [-0.2, 0) is 32.7 Å². The van der Waals surface area contributed by atoms with Crippen LogP contribution in [0.3, 0.4) is 0 Å². The lowest BCUT2D eigenvalue weighted by Crippen LogP contribution is -2.37. The maximum atomic E-state index is 12.7. The Bertz CT molecular complexity index is 881. The van der Waals surface area contributed by atoms with E-state index in [0.29, 0.717) is 17.4 Å². The van der Waals surface area contributed by atoms with Gasteiger partial charge >= 0.3 is 19.8 Å². The number of carbonyl (C=O) groups is 2. The molecular weight excluding hydrogens is 689 g/mol. The molecule has 0 spiro atoms. The second-order valence-electron chi connectivity index (χ2n) is 16.5. The van der Waals surface area contributed by atoms with Gasteiger partial charge in [-0.2, -0.15) is 0 Å². The normalized spacial score (nSPS) is 13.5. The smallest absolute Gasteiger partial charge is 0.462 e. The number of hydrogen-bond donors (Lipinski definition) is 1. The molecule has 0 radical (unpaired) electrons. The van der Waals surface area contributed by atoms with Crippen molar-refractivity contribution in [2.24, 2.45) is 0 Å². The van der Waals surface area contributed by atoms with Crippen LogP contribution < -0.4 is 0 Å². The molecule has 0 aromatic rings. The van der Waals surface area contributed by atoms with Crippen LogP contribution in [0.25, 0.3) is 0 Å². The van der Waals surface area contributed by atoms with E-state index in [9.17, 15) is 19.0 Å². The van der Waals surface area contributed by atoms with E-state index in [1.54, 1.807) is 0 Å². The predicted molar refractivity (Wildman–Crippen MR) is 220 cm³/mol. The van der Waals surface area contributed by atoms with Crippen molar-refractivity contribution in [3.05, 3.63) is 0 Å². The quantitative estimate of drug-likeness (QED) is 0.0283. The summed E-state index contributed by atoms with van der Waals surface area (Å²) in [5.74, 6) is -0.784. The van der Waals surface area contributed by atoms with Crippen molar-refractivity contribution in [1.29, 1.82) is 0 Å². The first-order valence-electron chi connectivity index (χ1n) is 22.3. The van der Waals surface area contributed by atoms with Gasteiger partial charge in [0.05, 0.1) is 27.7 Å². The van der Waals surface area contributed by atoms with Crippen LogP contribution in [0.5, 0.6) is 0 Å². The van der Waals surface area contributed by atoms with Crippen LogP contribution in [0, 0.1) is 0 Å². The monoisotopic (exact) mass is 777 g/mol. The number of quaternary nitrogens is 1. The van der Waals surface area contributed by atoms with Crippen molar-refractivity contribution in [1.82, 2.24) is 0 Å². The zero-order chi connectivity index (χ0) is 39.3. The molecule has 0 bridgehead atoms. The summed E-state index contributed by atoms with van der Waals surface area (Å²) in [6.45, 7) is 4.45. The molecule has 0 amide bonds. The Hall–Kier alpha value is -0.990. The molecule has 0 rings (SSSR count). The lowest BCUT2D eigenvalue weighted by atomic mass is 10.0. The summed E-state index contributed by atoms with van der Waals surface area (Å²) in [7, 11) is 1.49. The average molecular weight is 777 g/mol. The summed E-state index contributed by atoms with van der Waals surface area (Å²) >= 11 is 0. The second kappa shape index (κ2) is 36.6. The lowest BCUT2D eigenvalue weighted by molar-refractivity contribution is -0.870. The summed E-state index contributed by atoms with van der Waals surface area (Å²) in [6, 6.07) is 0. The van der Waals surface area contributed by atoms with E-state index < -0.39 is 26.5 Å². The van der Waals surface area contributed by atoms with Gasteiger partial charge in [0.2, 0.25) is 0 Å². The number of carbonyl (C=O) groups excluding carboxylic acids is 2. The van der Waals surface area contributed by atoms with Gasteiger partial charge in [-0.25, -0.2) is 4.57 Å². The van der Waals surface area contributed by atoms with Crippen molar-refractivity contribution in [2.45, 2.75) is 219 Å². The minimum absolute atomic E-state index is 0.0368. The van der Waals surface area contributed by atoms with Crippen LogP contribution in [0.4, 0.5) is 0 Å². The molecule has 2 atom stereocenters. The van der Waals surface area contributed by atoms with Crippen molar-refractivity contribution >= 4 is 19.8 Å². The second-order valence-corrected chi connectivity index (χ2v) is 17.9. The predicted octanol–water partition coefficient (Wildman–Crippen LogP) is 12.4. The van der Waals surface area contributed by atoms with Gasteiger partial charge < -0.3 is 18.9 Å². The lowest BCUT2D eigenvalue weighted by Gasteiger charge is -2.24. The van der Waals surface area contributed by atoms with Crippen LogP contribution in [0.15, 0.2) is 0 Å². The molecule has 0 fully saturated rings. The molecule has 9 nitrogen and oxygen atoms in total. The fraction of sp³-hybridized carbons (Fsp3) is 0.953. The molecule has 1 unspecified atom stereocenters. The molecule has 316 valence electrons. The van der Waals surface area contributed by atoms with E-state index in [4.69, 9.17) is 18.5 Å². The van der Waals surface area contributed by atoms with Crippen molar-refractivity contribution < 1.29 is 42.1 Å². The first-order chi connectivity index (χ1) is 25.5. The van der Waals surface area contributed by atoms with Crippen molar-refractivity contribution in [3.8, 4) is 0 Å². The van der Waals surface area contributed by atoms with Gasteiger partial charge in [0.15, 0.2) is 6.10 Å². The summed E-state index contributed by atoms with van der Waals surface area (Å²) in [5, 5.41) is 0. The fourth-order valence-corrected chi connectivity index (χ4v) is 7.11. The van der Waals surface area contributed by atoms with Gasteiger partial charge in [-0.3, -0.25) is 18.6 Å². The number of unbranched alkanes of at least 4 members (excludes halogenated alkanes) is 27. The molecule has 1 N–H and O–H groups in total. The van der Waals surface area contributed by atoms with Gasteiger partial charge in [-0.15, -0.1) is 0 Å². The zero-order valence-electron chi connectivity index (χ0n) is 35.5. The topological polar surface area (TPSA) is 108 Å². The van der Waals surface area contributed by atoms with Gasteiger partial charge in [0.25, 0.3) is 0 Å². The fourth-order valence-electron chi connectivity index (χ4n) is 6.37. The number of hydrogen-bond acceptors (Lipinski definition) is 7. The van der Waals surface area contributed by atoms with E-state index in [1.165, 1.54) is 148 Å². The van der Waals surface area contributed by atoms with E-state index in [1.807, 2.05) is 21.1 Å². The minimum atomic E-state index is -4.36. The minimum Gasteiger partial charge on any atom is -0.462 e. The highest BCUT2D eigenvalue weighted by atomic mass is 31.2. The summed E-state index contributed by atoms with van der Waals surface area (Å²) in [4.78, 5) is 35.3. The number of phosphoric acid groups is 1. The highest BCUT2D eigenvalue weighted by Gasteiger charge is 2.27. The van der Waals surface area contributed by atoms with E-state index in [2.05, 4.69) is 13.8 Å². The Kier molecular flexibility index (Phi) is 36.0. The number of phosphoric ester groups is 1. The Balaban J connectivity index is 4.29. The first-order valence-corrected chi connectivity index (χ1v) is 23.8. The highest BCUT2D eigenvalue weighted by molar-refractivity contribution is 7.47. The van der Waals surface area contributed by atoms with Crippen LogP contribution in [0.2, 0.25) is 0 Å². The van der Waals surface area contributed by atoms with Gasteiger partial charge in [-0.05, 0) is 12.8 Å². The third kappa shape index (κ3) is 40.5. The number of nitrogens with zero attached hydrogens (tertiary/aromatic N) is 1. The Morgan fingerprint density at radius 3 is 1.21 bits per heavy atom. The number of likely N-dealkylation sites (N-methyl/N-ethyl adjacent to an activating group) is 1. The van der Waals surface area contributed by atoms with Gasteiger partial charge in [-0.1, -0.05) is 187 Å². The molecular formula is C43H87NO8P+. The van der Waals surface area contributed by atoms with Gasteiger partial charge in [0.1, 0.15) is 19.8 Å². The molecule has 0 aromatic carbocycles. The third-order valence-electron chi connectivity index (χ3n) is 9.89. The Morgan fingerprint density at radius 2 is 0.849 bits per heavy atom. The molecule has 0 heterocycles. The maximum Gasteiger partial charge on any atom is 0.472 e. The molecule has 0 aliphatic carbocycles. The number of ether oxygens (including phenoxy) is 2. The average Bonchev–Trinajstić information content (AvgIpc) is 3.10. The van der Waals surface area contributed by atoms with Crippen LogP contribution >= 0.6 is 7.82 Å². The molecule has 0 saturated carbocycles. The van der Waals surface area contributed by atoms with Crippen LogP contribution in [0.1, 0.15) is 213 Å². The zero-order valence-corrected chi connectivity index (χ0v) is 36.4. The van der Waals surface area contributed by atoms with E-state index >= 15 is 0 Å². The first kappa shape index (κ1) is 52.0. The number of rotatable bonds is 41. The molecule has 0 aliphatic heterocycles. The van der Waals surface area contributed by atoms with Crippen LogP contribution in [-0.4, -0.2) is 74.9 Å². The molecule has 0 aromatic heterocycles. The Morgan fingerprint density at radius 1 is 0.509 bits per heavy atom. The van der Waals surface area contributed by atoms with E-state index in [0.717, 1.165) is 38.5 Å². The van der Waals surface area contributed by atoms with Gasteiger partial charge in [0, 0.05) is 12.8 Å². The molecule has 0 saturated heterocycles. The summed E-state index contributed by atoms with van der Waals surface area (Å²) in [5.41, 5.74) is 0. The van der Waals surface area contributed by atoms with Crippen molar-refractivity contribution in [3.63, 3.8) is 0 Å². The standard InChI is InChI=1S/C43H86NO8P/c1-6-8-10-12-14-16-18-20-21-22-23-24-26-28-30-32-34-36-43(46)52-41(40-51-53(47,48)50-38-37-44(3,4)5)39-49-42(45)35-33-31-29-27-25-19-17-15-13-11-9-7-2/h41H,6-40H2,1-5H3/p+1/t41-/m1/s1. The largest absolute Gasteiger partial charge is 0.472 e.